The molecule has 0 bridgehead atoms. The van der Waals surface area contributed by atoms with Crippen LogP contribution < -0.4 is 9.62 Å². The lowest BCUT2D eigenvalue weighted by Gasteiger charge is -2.30. The minimum Gasteiger partial charge on any atom is -0.324 e. The number of anilines is 2. The van der Waals surface area contributed by atoms with Gasteiger partial charge in [-0.05, 0) is 74.2 Å². The first-order valence-corrected chi connectivity index (χ1v) is 10.9. The zero-order valence-corrected chi connectivity index (χ0v) is 17.8. The van der Waals surface area contributed by atoms with Gasteiger partial charge in [0.15, 0.2) is 0 Å². The Labute approximate surface area is 166 Å². The first-order chi connectivity index (χ1) is 12.5. The molecular weight excluding hydrogens is 384 g/mol. The topological polar surface area (TPSA) is 66.5 Å². The highest BCUT2D eigenvalue weighted by Gasteiger charge is 2.31. The van der Waals surface area contributed by atoms with Crippen molar-refractivity contribution in [1.29, 1.82) is 0 Å². The van der Waals surface area contributed by atoms with Gasteiger partial charge in [0.1, 0.15) is 6.04 Å². The standard InChI is InChI=1S/C20H25ClN2O3S/c1-6-19(20(24)22-18-10-8-16(21)11-15(18)4)23(27(5,25)26)17-9-7-13(2)14(3)12-17/h7-12,19H,6H2,1-5H3,(H,22,24)/t19-/m0/s1. The van der Waals surface area contributed by atoms with Crippen LogP contribution in [0.5, 0.6) is 0 Å². The number of sulfonamides is 1. The number of amides is 1. The molecule has 2 aromatic carbocycles. The molecule has 0 fully saturated rings. The van der Waals surface area contributed by atoms with E-state index in [0.29, 0.717) is 22.8 Å². The van der Waals surface area contributed by atoms with E-state index in [1.54, 1.807) is 37.3 Å². The van der Waals surface area contributed by atoms with Crippen molar-refractivity contribution in [1.82, 2.24) is 0 Å². The predicted molar refractivity (Wildman–Crippen MR) is 112 cm³/mol. The van der Waals surface area contributed by atoms with Gasteiger partial charge in [0.25, 0.3) is 0 Å². The maximum Gasteiger partial charge on any atom is 0.248 e. The largest absolute Gasteiger partial charge is 0.324 e. The first-order valence-electron chi connectivity index (χ1n) is 8.68. The summed E-state index contributed by atoms with van der Waals surface area (Å²) in [7, 11) is -3.66. The third kappa shape index (κ3) is 5.02. The number of halogens is 1. The fourth-order valence-corrected chi connectivity index (χ4v) is 4.34. The normalized spacial score (nSPS) is 12.5. The van der Waals surface area contributed by atoms with Crippen molar-refractivity contribution in [3.63, 3.8) is 0 Å². The second-order valence-corrected chi connectivity index (χ2v) is 9.00. The molecule has 0 saturated heterocycles. The fourth-order valence-electron chi connectivity index (χ4n) is 2.91. The Balaban J connectivity index is 2.42. The molecule has 0 aliphatic rings. The highest BCUT2D eigenvalue weighted by molar-refractivity contribution is 7.92. The van der Waals surface area contributed by atoms with E-state index in [1.807, 2.05) is 26.8 Å². The van der Waals surface area contributed by atoms with Crippen molar-refractivity contribution in [2.75, 3.05) is 15.9 Å². The molecule has 2 aromatic rings. The van der Waals surface area contributed by atoms with E-state index in [4.69, 9.17) is 11.6 Å². The molecule has 2 rings (SSSR count). The van der Waals surface area contributed by atoms with E-state index in [2.05, 4.69) is 5.32 Å². The van der Waals surface area contributed by atoms with Gasteiger partial charge < -0.3 is 5.32 Å². The molecule has 1 atom stereocenters. The van der Waals surface area contributed by atoms with Crippen LogP contribution in [0.2, 0.25) is 5.02 Å². The maximum atomic E-state index is 12.9. The summed E-state index contributed by atoms with van der Waals surface area (Å²) in [6.45, 7) is 7.49. The van der Waals surface area contributed by atoms with Gasteiger partial charge in [0.2, 0.25) is 15.9 Å². The highest BCUT2D eigenvalue weighted by Crippen LogP contribution is 2.26. The molecule has 0 saturated carbocycles. The van der Waals surface area contributed by atoms with Crippen molar-refractivity contribution in [2.24, 2.45) is 0 Å². The van der Waals surface area contributed by atoms with E-state index in [1.165, 1.54) is 4.31 Å². The van der Waals surface area contributed by atoms with Crippen LogP contribution >= 0.6 is 11.6 Å². The van der Waals surface area contributed by atoms with Crippen molar-refractivity contribution < 1.29 is 13.2 Å². The van der Waals surface area contributed by atoms with E-state index < -0.39 is 16.1 Å². The Morgan fingerprint density at radius 2 is 1.74 bits per heavy atom. The fraction of sp³-hybridized carbons (Fsp3) is 0.350. The van der Waals surface area contributed by atoms with Crippen LogP contribution in [0, 0.1) is 20.8 Å². The molecule has 0 aliphatic heterocycles. The van der Waals surface area contributed by atoms with E-state index in [9.17, 15) is 13.2 Å². The zero-order valence-electron chi connectivity index (χ0n) is 16.2. The molecule has 0 radical (unpaired) electrons. The SMILES string of the molecule is CC[C@@H](C(=O)Nc1ccc(Cl)cc1C)N(c1ccc(C)c(C)c1)S(C)(=O)=O. The highest BCUT2D eigenvalue weighted by atomic mass is 35.5. The second-order valence-electron chi connectivity index (χ2n) is 6.70. The molecule has 27 heavy (non-hydrogen) atoms. The van der Waals surface area contributed by atoms with Gasteiger partial charge >= 0.3 is 0 Å². The quantitative estimate of drug-likeness (QED) is 0.767. The Hall–Kier alpha value is -2.05. The van der Waals surface area contributed by atoms with Crippen LogP contribution in [-0.4, -0.2) is 26.6 Å². The van der Waals surface area contributed by atoms with Crippen LogP contribution in [0.15, 0.2) is 36.4 Å². The molecular formula is C20H25ClN2O3S. The number of hydrogen-bond donors (Lipinski definition) is 1. The number of aryl methyl sites for hydroxylation is 3. The average Bonchev–Trinajstić information content (AvgIpc) is 2.56. The van der Waals surface area contributed by atoms with E-state index in [-0.39, 0.29) is 5.91 Å². The summed E-state index contributed by atoms with van der Waals surface area (Å²) in [5, 5.41) is 3.41. The summed E-state index contributed by atoms with van der Waals surface area (Å²) in [6.07, 6.45) is 1.45. The van der Waals surface area contributed by atoms with Crippen LogP contribution in [0.4, 0.5) is 11.4 Å². The van der Waals surface area contributed by atoms with Gasteiger partial charge in [-0.2, -0.15) is 0 Å². The zero-order chi connectivity index (χ0) is 20.4. The summed E-state index contributed by atoms with van der Waals surface area (Å²) >= 11 is 5.96. The van der Waals surface area contributed by atoms with Crippen molar-refractivity contribution in [2.45, 2.75) is 40.2 Å². The third-order valence-corrected chi connectivity index (χ3v) is 5.94. The number of carbonyl (C=O) groups excluding carboxylic acids is 1. The molecule has 0 aliphatic carbocycles. The molecule has 0 unspecified atom stereocenters. The van der Waals surface area contributed by atoms with Crippen LogP contribution in [0.3, 0.4) is 0 Å². The first kappa shape index (κ1) is 21.3. The number of nitrogens with zero attached hydrogens (tertiary/aromatic N) is 1. The predicted octanol–water partition coefficient (Wildman–Crippen LogP) is 4.45. The monoisotopic (exact) mass is 408 g/mol. The summed E-state index contributed by atoms with van der Waals surface area (Å²) in [5.74, 6) is -0.383. The Morgan fingerprint density at radius 1 is 1.07 bits per heavy atom. The Kier molecular flexibility index (Phi) is 6.54. The minimum atomic E-state index is -3.66. The van der Waals surface area contributed by atoms with Crippen molar-refractivity contribution in [3.8, 4) is 0 Å². The number of hydrogen-bond acceptors (Lipinski definition) is 3. The summed E-state index contributed by atoms with van der Waals surface area (Å²) in [5.41, 5.74) is 3.92. The Morgan fingerprint density at radius 3 is 2.26 bits per heavy atom. The third-order valence-electron chi connectivity index (χ3n) is 4.52. The summed E-state index contributed by atoms with van der Waals surface area (Å²) in [6, 6.07) is 9.66. The van der Waals surface area contributed by atoms with Gasteiger partial charge in [-0.1, -0.05) is 24.6 Å². The Bertz CT molecular complexity index is 958. The molecule has 5 nitrogen and oxygen atoms in total. The summed E-state index contributed by atoms with van der Waals surface area (Å²) < 4.78 is 26.2. The lowest BCUT2D eigenvalue weighted by Crippen LogP contribution is -2.47. The van der Waals surface area contributed by atoms with Crippen LogP contribution in [0.25, 0.3) is 0 Å². The number of benzene rings is 2. The second kappa shape index (κ2) is 8.31. The van der Waals surface area contributed by atoms with Gasteiger partial charge in [0, 0.05) is 10.7 Å². The van der Waals surface area contributed by atoms with E-state index >= 15 is 0 Å². The summed E-state index contributed by atoms with van der Waals surface area (Å²) in [4.78, 5) is 12.9. The average molecular weight is 409 g/mol. The lowest BCUT2D eigenvalue weighted by molar-refractivity contribution is -0.117. The smallest absolute Gasteiger partial charge is 0.248 e. The molecule has 1 N–H and O–H groups in total. The van der Waals surface area contributed by atoms with Gasteiger partial charge in [0.05, 0.1) is 11.9 Å². The molecule has 0 heterocycles. The van der Waals surface area contributed by atoms with Crippen molar-refractivity contribution >= 4 is 38.9 Å². The van der Waals surface area contributed by atoms with E-state index in [0.717, 1.165) is 22.9 Å². The number of nitrogens with one attached hydrogen (secondary N) is 1. The van der Waals surface area contributed by atoms with Gasteiger partial charge in [-0.25, -0.2) is 8.42 Å². The van der Waals surface area contributed by atoms with Crippen LogP contribution in [0.1, 0.15) is 30.0 Å². The minimum absolute atomic E-state index is 0.332. The van der Waals surface area contributed by atoms with Gasteiger partial charge in [-0.3, -0.25) is 9.10 Å². The maximum absolute atomic E-state index is 12.9. The molecule has 1 amide bonds. The molecule has 7 heteroatoms. The van der Waals surface area contributed by atoms with Crippen LogP contribution in [-0.2, 0) is 14.8 Å². The molecule has 0 aromatic heterocycles. The molecule has 146 valence electrons. The number of carbonyl (C=O) groups is 1. The lowest BCUT2D eigenvalue weighted by atomic mass is 10.1. The molecule has 0 spiro atoms. The van der Waals surface area contributed by atoms with Crippen molar-refractivity contribution in [3.05, 3.63) is 58.1 Å². The number of rotatable bonds is 6. The van der Waals surface area contributed by atoms with Gasteiger partial charge in [-0.15, -0.1) is 0 Å².